The van der Waals surface area contributed by atoms with Crippen LogP contribution in [0.2, 0.25) is 0 Å². The van der Waals surface area contributed by atoms with Crippen molar-refractivity contribution in [1.29, 1.82) is 0 Å². The van der Waals surface area contributed by atoms with Gasteiger partial charge >= 0.3 is 12.4 Å². The van der Waals surface area contributed by atoms with Crippen LogP contribution in [0.5, 0.6) is 0 Å². The Balaban J connectivity index is 1.92. The molecule has 29 heavy (non-hydrogen) atoms. The second-order valence-corrected chi connectivity index (χ2v) is 7.40. The predicted octanol–water partition coefficient (Wildman–Crippen LogP) is 4.79. The molecule has 10 heteroatoms. The number of nitrogens with one attached hydrogen (secondary N) is 1. The summed E-state index contributed by atoms with van der Waals surface area (Å²) in [5.41, 5.74) is -2.50. The number of alkyl halides is 6. The number of hydrogen-bond donors (Lipinski definition) is 1. The number of imidazole rings is 1. The zero-order chi connectivity index (χ0) is 21.6. The monoisotopic (exact) mass is 419 g/mol. The Morgan fingerprint density at radius 1 is 1.10 bits per heavy atom. The van der Waals surface area contributed by atoms with Crippen molar-refractivity contribution < 1.29 is 31.1 Å². The minimum Gasteiger partial charge on any atom is -0.348 e. The van der Waals surface area contributed by atoms with Crippen molar-refractivity contribution in [2.45, 2.75) is 57.5 Å². The molecular formula is C19H19F6N3O. The van der Waals surface area contributed by atoms with Gasteiger partial charge in [0, 0.05) is 31.1 Å². The zero-order valence-corrected chi connectivity index (χ0v) is 15.7. The smallest absolute Gasteiger partial charge is 0.348 e. The van der Waals surface area contributed by atoms with Gasteiger partial charge in [0.1, 0.15) is 11.5 Å². The van der Waals surface area contributed by atoms with E-state index >= 15 is 0 Å². The van der Waals surface area contributed by atoms with Gasteiger partial charge in [0.15, 0.2) is 0 Å². The Morgan fingerprint density at radius 2 is 1.69 bits per heavy atom. The van der Waals surface area contributed by atoms with Gasteiger partial charge in [-0.25, -0.2) is 4.98 Å². The first kappa shape index (κ1) is 21.2. The number of hydrogen-bond acceptors (Lipinski definition) is 2. The van der Waals surface area contributed by atoms with Crippen LogP contribution in [0.3, 0.4) is 0 Å². The molecule has 2 heterocycles. The molecule has 4 nitrogen and oxygen atoms in total. The highest BCUT2D eigenvalue weighted by atomic mass is 19.4. The van der Waals surface area contributed by atoms with Crippen LogP contribution in [0.25, 0.3) is 0 Å². The van der Waals surface area contributed by atoms with E-state index in [9.17, 15) is 31.1 Å². The summed E-state index contributed by atoms with van der Waals surface area (Å²) in [7, 11) is 0. The van der Waals surface area contributed by atoms with E-state index < -0.39 is 29.4 Å². The van der Waals surface area contributed by atoms with Crippen LogP contribution in [0.4, 0.5) is 26.3 Å². The number of amides is 1. The number of benzene rings is 1. The van der Waals surface area contributed by atoms with Gasteiger partial charge in [0.2, 0.25) is 0 Å². The summed E-state index contributed by atoms with van der Waals surface area (Å²) in [5.74, 6) is -0.351. The molecule has 0 aliphatic carbocycles. The SMILES string of the molecule is CC(C)NC(=O)c1cn2c(n1)CC[C@H](c1cc(C(F)(F)F)cc(C(F)(F)F)c1)C2. The van der Waals surface area contributed by atoms with Crippen LogP contribution >= 0.6 is 0 Å². The second-order valence-electron chi connectivity index (χ2n) is 7.40. The maximum atomic E-state index is 13.1. The van der Waals surface area contributed by atoms with E-state index in [1.165, 1.54) is 6.20 Å². The number of carbonyl (C=O) groups is 1. The van der Waals surface area contributed by atoms with Crippen molar-refractivity contribution in [3.63, 3.8) is 0 Å². The van der Waals surface area contributed by atoms with Gasteiger partial charge in [-0.3, -0.25) is 4.79 Å². The highest BCUT2D eigenvalue weighted by Gasteiger charge is 2.38. The third-order valence-corrected chi connectivity index (χ3v) is 4.73. The Bertz CT molecular complexity index is 881. The van der Waals surface area contributed by atoms with E-state index in [2.05, 4.69) is 10.3 Å². The Labute approximate surface area is 162 Å². The van der Waals surface area contributed by atoms with E-state index in [0.717, 1.165) is 12.1 Å². The summed E-state index contributed by atoms with van der Waals surface area (Å²) >= 11 is 0. The second kappa shape index (κ2) is 7.38. The summed E-state index contributed by atoms with van der Waals surface area (Å²) in [6, 6.07) is 1.58. The molecule has 0 radical (unpaired) electrons. The van der Waals surface area contributed by atoms with E-state index in [1.807, 2.05) is 0 Å². The lowest BCUT2D eigenvalue weighted by Gasteiger charge is -2.25. The fourth-order valence-electron chi connectivity index (χ4n) is 3.38. The van der Waals surface area contributed by atoms with Gasteiger partial charge < -0.3 is 9.88 Å². The molecule has 1 atom stereocenters. The summed E-state index contributed by atoms with van der Waals surface area (Å²) in [6.45, 7) is 3.72. The van der Waals surface area contributed by atoms with E-state index in [0.29, 0.717) is 18.7 Å². The van der Waals surface area contributed by atoms with Gasteiger partial charge in [0.25, 0.3) is 5.91 Å². The number of rotatable bonds is 3. The van der Waals surface area contributed by atoms with Crippen LogP contribution in [0.15, 0.2) is 24.4 Å². The normalized spacial score (nSPS) is 17.3. The maximum Gasteiger partial charge on any atom is 0.416 e. The molecule has 1 aromatic carbocycles. The molecule has 0 unspecified atom stereocenters. The van der Waals surface area contributed by atoms with Crippen LogP contribution in [-0.2, 0) is 25.3 Å². The Morgan fingerprint density at radius 3 is 2.21 bits per heavy atom. The average molecular weight is 419 g/mol. The molecular weight excluding hydrogens is 400 g/mol. The molecule has 1 aliphatic rings. The predicted molar refractivity (Wildman–Crippen MR) is 92.3 cm³/mol. The van der Waals surface area contributed by atoms with Crippen LogP contribution < -0.4 is 5.32 Å². The molecule has 0 spiro atoms. The van der Waals surface area contributed by atoms with Crippen LogP contribution in [-0.4, -0.2) is 21.5 Å². The summed E-state index contributed by atoms with van der Waals surface area (Å²) in [6.07, 6.45) is -7.60. The number of carbonyl (C=O) groups excluding carboxylic acids is 1. The molecule has 1 aliphatic heterocycles. The van der Waals surface area contributed by atoms with Crippen molar-refractivity contribution in [3.05, 3.63) is 52.6 Å². The molecule has 0 fully saturated rings. The van der Waals surface area contributed by atoms with E-state index in [4.69, 9.17) is 0 Å². The topological polar surface area (TPSA) is 46.9 Å². The first-order chi connectivity index (χ1) is 13.3. The molecule has 1 N–H and O–H groups in total. The lowest BCUT2D eigenvalue weighted by atomic mass is 9.89. The van der Waals surface area contributed by atoms with Crippen molar-refractivity contribution >= 4 is 5.91 Å². The van der Waals surface area contributed by atoms with E-state index in [1.54, 1.807) is 18.4 Å². The standard InChI is InChI=1S/C19H19F6N3O/c1-10(2)26-17(29)15-9-28-8-11(3-4-16(28)27-15)12-5-13(18(20,21)22)7-14(6-12)19(23,24)25/h5-7,9-11H,3-4,8H2,1-2H3,(H,26,29)/t11-/m0/s1. The molecule has 158 valence electrons. The first-order valence-electron chi connectivity index (χ1n) is 9.01. The van der Waals surface area contributed by atoms with Crippen molar-refractivity contribution in [1.82, 2.24) is 14.9 Å². The third-order valence-electron chi connectivity index (χ3n) is 4.73. The number of fused-ring (bicyclic) bond motifs is 1. The summed E-state index contributed by atoms with van der Waals surface area (Å²) < 4.78 is 80.3. The van der Waals surface area contributed by atoms with Crippen molar-refractivity contribution in [3.8, 4) is 0 Å². The minimum atomic E-state index is -4.88. The molecule has 2 aromatic rings. The molecule has 1 amide bonds. The Kier molecular flexibility index (Phi) is 5.40. The van der Waals surface area contributed by atoms with Crippen molar-refractivity contribution in [2.75, 3.05) is 0 Å². The van der Waals surface area contributed by atoms with Gasteiger partial charge in [-0.1, -0.05) is 0 Å². The highest BCUT2D eigenvalue weighted by Crippen LogP contribution is 2.39. The first-order valence-corrected chi connectivity index (χ1v) is 9.01. The number of nitrogens with zero attached hydrogens (tertiary/aromatic N) is 2. The van der Waals surface area contributed by atoms with Crippen molar-refractivity contribution in [2.24, 2.45) is 0 Å². The highest BCUT2D eigenvalue weighted by molar-refractivity contribution is 5.92. The third kappa shape index (κ3) is 4.73. The van der Waals surface area contributed by atoms with Gasteiger partial charge in [-0.05, 0) is 44.0 Å². The molecule has 3 rings (SSSR count). The fraction of sp³-hybridized carbons (Fsp3) is 0.474. The zero-order valence-electron chi connectivity index (χ0n) is 15.7. The largest absolute Gasteiger partial charge is 0.416 e. The number of halogens is 6. The fourth-order valence-corrected chi connectivity index (χ4v) is 3.38. The van der Waals surface area contributed by atoms with E-state index in [-0.39, 0.29) is 35.8 Å². The molecule has 0 saturated heterocycles. The van der Waals surface area contributed by atoms with Crippen LogP contribution in [0, 0.1) is 0 Å². The summed E-state index contributed by atoms with van der Waals surface area (Å²) in [5, 5.41) is 2.69. The molecule has 1 aromatic heterocycles. The molecule has 0 bridgehead atoms. The maximum absolute atomic E-state index is 13.1. The lowest BCUT2D eigenvalue weighted by molar-refractivity contribution is -0.143. The lowest BCUT2D eigenvalue weighted by Crippen LogP contribution is -2.30. The van der Waals surface area contributed by atoms with Gasteiger partial charge in [-0.15, -0.1) is 0 Å². The number of aromatic nitrogens is 2. The van der Waals surface area contributed by atoms with Gasteiger partial charge in [0.05, 0.1) is 11.1 Å². The minimum absolute atomic E-state index is 0.0281. The van der Waals surface area contributed by atoms with Gasteiger partial charge in [-0.2, -0.15) is 26.3 Å². The molecule has 0 saturated carbocycles. The van der Waals surface area contributed by atoms with Crippen LogP contribution in [0.1, 0.15) is 59.2 Å². The summed E-state index contributed by atoms with van der Waals surface area (Å²) in [4.78, 5) is 16.3. The quantitative estimate of drug-likeness (QED) is 0.728. The number of aryl methyl sites for hydroxylation is 1. The Hall–Kier alpha value is -2.52. The average Bonchev–Trinajstić information content (AvgIpc) is 3.02.